The highest BCUT2D eigenvalue weighted by atomic mass is 32.2. The molecule has 3 rings (SSSR count). The van der Waals surface area contributed by atoms with Crippen LogP contribution in [0.2, 0.25) is 0 Å². The van der Waals surface area contributed by atoms with Crippen LogP contribution in [0, 0.1) is 23.3 Å². The van der Waals surface area contributed by atoms with E-state index in [1.54, 1.807) is 0 Å². The molecule has 9 heteroatoms. The average Bonchev–Trinajstić information content (AvgIpc) is 2.88. The lowest BCUT2D eigenvalue weighted by molar-refractivity contribution is -0.133. The summed E-state index contributed by atoms with van der Waals surface area (Å²) in [6.07, 6.45) is 0.715. The Labute approximate surface area is 145 Å². The first-order valence-electron chi connectivity index (χ1n) is 7.14. The number of rotatable bonds is 3. The molecule has 0 saturated heterocycles. The summed E-state index contributed by atoms with van der Waals surface area (Å²) in [6.45, 7) is -0.457. The van der Waals surface area contributed by atoms with Crippen LogP contribution >= 0.6 is 0 Å². The fourth-order valence-corrected chi connectivity index (χ4v) is 3.38. The Hall–Kier alpha value is -2.68. The van der Waals surface area contributed by atoms with E-state index >= 15 is 0 Å². The molecule has 0 atom stereocenters. The predicted octanol–water partition coefficient (Wildman–Crippen LogP) is 3.11. The van der Waals surface area contributed by atoms with Gasteiger partial charge in [-0.15, -0.1) is 0 Å². The van der Waals surface area contributed by atoms with Gasteiger partial charge in [0.2, 0.25) is 0 Å². The van der Waals surface area contributed by atoms with Crippen molar-refractivity contribution in [3.8, 4) is 0 Å². The highest BCUT2D eigenvalue weighted by Gasteiger charge is 2.30. The molecule has 1 aliphatic rings. The third-order valence-electron chi connectivity index (χ3n) is 3.75. The Morgan fingerprint density at radius 3 is 2.12 bits per heavy atom. The largest absolute Gasteiger partial charge is 0.457 e. The fraction of sp³-hybridized carbons (Fsp3) is 0.118. The Morgan fingerprint density at radius 2 is 1.54 bits per heavy atom. The summed E-state index contributed by atoms with van der Waals surface area (Å²) >= 11 is 0. The number of hydrogen-bond donors (Lipinski definition) is 0. The number of cyclic esters (lactones) is 1. The lowest BCUT2D eigenvalue weighted by Crippen LogP contribution is -2.05. The van der Waals surface area contributed by atoms with Gasteiger partial charge in [0.05, 0.1) is 5.57 Å². The van der Waals surface area contributed by atoms with Crippen LogP contribution in [-0.2, 0) is 19.4 Å². The smallest absolute Gasteiger partial charge is 0.339 e. The zero-order valence-electron chi connectivity index (χ0n) is 13.1. The van der Waals surface area contributed by atoms with Crippen molar-refractivity contribution in [3.05, 3.63) is 64.7 Å². The topological polar surface area (TPSA) is 60.4 Å². The summed E-state index contributed by atoms with van der Waals surface area (Å²) in [5, 5.41) is 0. The lowest BCUT2D eigenvalue weighted by Gasteiger charge is -2.09. The molecule has 2 aromatic carbocycles. The normalized spacial score (nSPS) is 14.7. The van der Waals surface area contributed by atoms with Crippen molar-refractivity contribution < 1.29 is 35.5 Å². The van der Waals surface area contributed by atoms with E-state index < -0.39 is 56.1 Å². The summed E-state index contributed by atoms with van der Waals surface area (Å²) in [6, 6.07) is 3.39. The van der Waals surface area contributed by atoms with Crippen molar-refractivity contribution in [2.24, 2.45) is 0 Å². The molecule has 0 aromatic heterocycles. The maximum absolute atomic E-state index is 14.4. The second kappa shape index (κ2) is 6.24. The molecule has 0 unspecified atom stereocenters. The van der Waals surface area contributed by atoms with Gasteiger partial charge in [-0.2, -0.15) is 0 Å². The van der Waals surface area contributed by atoms with Gasteiger partial charge in [-0.3, -0.25) is 0 Å². The molecule has 0 fully saturated rings. The second-order valence-electron chi connectivity index (χ2n) is 5.62. The Bertz CT molecular complexity index is 1050. The Kier molecular flexibility index (Phi) is 4.35. The Morgan fingerprint density at radius 1 is 0.923 bits per heavy atom. The van der Waals surface area contributed by atoms with Gasteiger partial charge in [-0.05, 0) is 29.8 Å². The number of sulfone groups is 1. The van der Waals surface area contributed by atoms with E-state index in [1.165, 1.54) is 0 Å². The molecular weight excluding hydrogens is 376 g/mol. The molecule has 0 saturated carbocycles. The van der Waals surface area contributed by atoms with Crippen LogP contribution in [0.3, 0.4) is 0 Å². The molecular formula is C17H10F4O4S. The van der Waals surface area contributed by atoms with E-state index in [1.807, 2.05) is 0 Å². The molecule has 136 valence electrons. The molecule has 4 nitrogen and oxygen atoms in total. The van der Waals surface area contributed by atoms with Crippen LogP contribution in [0.25, 0.3) is 11.1 Å². The van der Waals surface area contributed by atoms with Crippen molar-refractivity contribution in [1.82, 2.24) is 0 Å². The summed E-state index contributed by atoms with van der Waals surface area (Å²) in [5.41, 5.74) is -1.10. The van der Waals surface area contributed by atoms with E-state index in [0.717, 1.165) is 12.1 Å². The number of benzene rings is 2. The minimum Gasteiger partial charge on any atom is -0.457 e. The number of hydrogen-bond acceptors (Lipinski definition) is 4. The van der Waals surface area contributed by atoms with Crippen molar-refractivity contribution in [2.45, 2.75) is 4.90 Å². The van der Waals surface area contributed by atoms with Crippen LogP contribution in [-0.4, -0.2) is 27.2 Å². The van der Waals surface area contributed by atoms with Crippen molar-refractivity contribution in [2.75, 3.05) is 12.9 Å². The quantitative estimate of drug-likeness (QED) is 0.601. The van der Waals surface area contributed by atoms with Gasteiger partial charge in [-0.1, -0.05) is 0 Å². The summed E-state index contributed by atoms with van der Waals surface area (Å²) in [7, 11) is -4.01. The van der Waals surface area contributed by atoms with Crippen LogP contribution in [0.1, 0.15) is 11.1 Å². The second-order valence-corrected chi connectivity index (χ2v) is 7.61. The molecule has 0 spiro atoms. The number of carbonyl (C=O) groups is 1. The van der Waals surface area contributed by atoms with Gasteiger partial charge in [0.1, 0.15) is 34.8 Å². The standard InChI is InChI=1S/C17H10F4O4S/c1-26(23,24)15-6-13(20)11(5-14(15)21)12-7-25-17(22)16(12)8-2-9(18)4-10(19)3-8/h2-6H,7H2,1H3. The zero-order valence-corrected chi connectivity index (χ0v) is 14.0. The predicted molar refractivity (Wildman–Crippen MR) is 83.6 cm³/mol. The van der Waals surface area contributed by atoms with Gasteiger partial charge in [0.15, 0.2) is 9.84 Å². The SMILES string of the molecule is CS(=O)(=O)c1cc(F)c(C2=C(c3cc(F)cc(F)c3)C(=O)OC2)cc1F. The van der Waals surface area contributed by atoms with Gasteiger partial charge >= 0.3 is 5.97 Å². The fourth-order valence-electron chi connectivity index (χ4n) is 2.65. The third kappa shape index (κ3) is 3.22. The van der Waals surface area contributed by atoms with Crippen molar-refractivity contribution >= 4 is 27.0 Å². The lowest BCUT2D eigenvalue weighted by atomic mass is 9.96. The molecule has 2 aromatic rings. The molecule has 26 heavy (non-hydrogen) atoms. The monoisotopic (exact) mass is 386 g/mol. The van der Waals surface area contributed by atoms with Gasteiger partial charge in [0, 0.05) is 23.5 Å². The number of halogens is 4. The van der Waals surface area contributed by atoms with E-state index in [-0.39, 0.29) is 16.7 Å². The molecule has 0 amide bonds. The van der Waals surface area contributed by atoms with E-state index in [0.29, 0.717) is 24.5 Å². The third-order valence-corrected chi connectivity index (χ3v) is 4.86. The van der Waals surface area contributed by atoms with Gasteiger partial charge < -0.3 is 4.74 Å². The molecule has 1 heterocycles. The summed E-state index contributed by atoms with van der Waals surface area (Å²) in [5.74, 6) is -5.23. The molecule has 0 aliphatic carbocycles. The minimum absolute atomic E-state index is 0.142. The van der Waals surface area contributed by atoms with Crippen LogP contribution < -0.4 is 0 Å². The van der Waals surface area contributed by atoms with Crippen LogP contribution in [0.4, 0.5) is 17.6 Å². The molecule has 0 N–H and O–H groups in total. The number of carbonyl (C=O) groups excluding carboxylic acids is 1. The molecule has 1 aliphatic heterocycles. The first-order valence-corrected chi connectivity index (χ1v) is 9.03. The first-order chi connectivity index (χ1) is 12.1. The van der Waals surface area contributed by atoms with E-state index in [4.69, 9.17) is 4.74 Å². The summed E-state index contributed by atoms with van der Waals surface area (Å²) < 4.78 is 83.2. The number of esters is 1. The maximum Gasteiger partial charge on any atom is 0.339 e. The molecule has 0 radical (unpaired) electrons. The van der Waals surface area contributed by atoms with Gasteiger partial charge in [-0.25, -0.2) is 30.8 Å². The summed E-state index contributed by atoms with van der Waals surface area (Å²) in [4.78, 5) is 11.1. The van der Waals surface area contributed by atoms with E-state index in [2.05, 4.69) is 0 Å². The highest BCUT2D eigenvalue weighted by Crippen LogP contribution is 2.35. The first kappa shape index (κ1) is 18.1. The van der Waals surface area contributed by atoms with E-state index in [9.17, 15) is 30.8 Å². The van der Waals surface area contributed by atoms with Crippen LogP contribution in [0.5, 0.6) is 0 Å². The number of ether oxygens (including phenoxy) is 1. The Balaban J connectivity index is 2.25. The van der Waals surface area contributed by atoms with Crippen LogP contribution in [0.15, 0.2) is 35.2 Å². The van der Waals surface area contributed by atoms with Crippen molar-refractivity contribution in [3.63, 3.8) is 0 Å². The minimum atomic E-state index is -4.01. The van der Waals surface area contributed by atoms with Gasteiger partial charge in [0.25, 0.3) is 0 Å². The molecule has 0 bridgehead atoms. The maximum atomic E-state index is 14.4. The van der Waals surface area contributed by atoms with Crippen molar-refractivity contribution in [1.29, 1.82) is 0 Å². The zero-order chi connectivity index (χ0) is 19.2. The average molecular weight is 386 g/mol. The highest BCUT2D eigenvalue weighted by molar-refractivity contribution is 7.90.